The highest BCUT2D eigenvalue weighted by Crippen LogP contribution is 2.27. The van der Waals surface area contributed by atoms with E-state index >= 15 is 0 Å². The summed E-state index contributed by atoms with van der Waals surface area (Å²) in [7, 11) is 4.63. The molecule has 0 fully saturated rings. The Balaban J connectivity index is 1.76. The Morgan fingerprint density at radius 1 is 1.15 bits per heavy atom. The van der Waals surface area contributed by atoms with Crippen molar-refractivity contribution in [1.29, 1.82) is 0 Å². The van der Waals surface area contributed by atoms with Gasteiger partial charge in [0.15, 0.2) is 11.5 Å². The van der Waals surface area contributed by atoms with E-state index in [1.54, 1.807) is 20.3 Å². The zero-order valence-electron chi connectivity index (χ0n) is 18.5. The molecule has 10 nitrogen and oxygen atoms in total. The second-order valence-electron chi connectivity index (χ2n) is 7.09. The summed E-state index contributed by atoms with van der Waals surface area (Å²) in [5.74, 6) is -0.0197. The van der Waals surface area contributed by atoms with E-state index in [0.29, 0.717) is 48.1 Å². The van der Waals surface area contributed by atoms with Gasteiger partial charge in [-0.3, -0.25) is 14.2 Å². The van der Waals surface area contributed by atoms with Gasteiger partial charge in [-0.1, -0.05) is 6.07 Å². The molecule has 0 aliphatic heterocycles. The molecule has 2 heterocycles. The third kappa shape index (κ3) is 5.49. The van der Waals surface area contributed by atoms with Crippen LogP contribution < -0.4 is 20.3 Å². The zero-order valence-corrected chi connectivity index (χ0v) is 19.4. The lowest BCUT2D eigenvalue weighted by atomic mass is 10.1. The van der Waals surface area contributed by atoms with Crippen LogP contribution in [-0.2, 0) is 28.9 Å². The number of amides is 1. The molecule has 0 radical (unpaired) electrons. The van der Waals surface area contributed by atoms with E-state index in [-0.39, 0.29) is 23.4 Å². The molecule has 33 heavy (non-hydrogen) atoms. The van der Waals surface area contributed by atoms with Gasteiger partial charge < -0.3 is 24.6 Å². The van der Waals surface area contributed by atoms with Crippen LogP contribution in [0, 0.1) is 0 Å². The molecule has 2 aromatic heterocycles. The lowest BCUT2D eigenvalue weighted by Crippen LogP contribution is -2.35. The number of thiophene rings is 1. The van der Waals surface area contributed by atoms with Crippen LogP contribution in [0.2, 0.25) is 0 Å². The minimum atomic E-state index is -1.21. The van der Waals surface area contributed by atoms with Crippen LogP contribution >= 0.6 is 11.3 Å². The van der Waals surface area contributed by atoms with Gasteiger partial charge in [0.2, 0.25) is 5.91 Å². The molecule has 0 atom stereocenters. The van der Waals surface area contributed by atoms with Crippen molar-refractivity contribution in [3.63, 3.8) is 0 Å². The van der Waals surface area contributed by atoms with Gasteiger partial charge in [0.05, 0.1) is 31.8 Å². The van der Waals surface area contributed by atoms with Gasteiger partial charge in [-0.2, -0.15) is 0 Å². The molecule has 11 heteroatoms. The lowest BCUT2D eigenvalue weighted by Gasteiger charge is -2.13. The number of carbonyl (C=O) groups excluding carboxylic acids is 1. The minimum absolute atomic E-state index is 0.00629. The number of nitrogens with zero attached hydrogens (tertiary/aromatic N) is 2. The van der Waals surface area contributed by atoms with Crippen LogP contribution in [0.4, 0.5) is 0 Å². The third-order valence-electron chi connectivity index (χ3n) is 5.02. The molecule has 0 saturated heterocycles. The summed E-state index contributed by atoms with van der Waals surface area (Å²) < 4.78 is 16.8. The number of carbonyl (C=O) groups is 2. The molecule has 1 aromatic carbocycles. The lowest BCUT2D eigenvalue weighted by molar-refractivity contribution is -0.121. The number of benzene rings is 1. The summed E-state index contributed by atoms with van der Waals surface area (Å²) >= 11 is 1.08. The fourth-order valence-electron chi connectivity index (χ4n) is 3.35. The van der Waals surface area contributed by atoms with Gasteiger partial charge in [-0.15, -0.1) is 11.3 Å². The average molecular weight is 476 g/mol. The molecule has 1 amide bonds. The second-order valence-corrected chi connectivity index (χ2v) is 7.94. The Labute approximate surface area is 193 Å². The number of hydrogen-bond acceptors (Lipinski definition) is 8. The van der Waals surface area contributed by atoms with Gasteiger partial charge in [-0.25, -0.2) is 9.78 Å². The van der Waals surface area contributed by atoms with Crippen molar-refractivity contribution >= 4 is 33.4 Å². The molecular weight excluding hydrogens is 450 g/mol. The van der Waals surface area contributed by atoms with Crippen molar-refractivity contribution in [2.45, 2.75) is 19.4 Å². The standard InChI is InChI=1S/C22H25N3O7S/c1-30-9-7-17-24-20-19(14(12-33-20)22(28)29)21(27)25(17)11-18(26)23-8-6-13-4-5-15(31-2)16(10-13)32-3/h4-5,10,12H,6-9,11H2,1-3H3,(H,23,26)(H,28,29). The molecule has 0 spiro atoms. The predicted octanol–water partition coefficient (Wildman–Crippen LogP) is 1.72. The van der Waals surface area contributed by atoms with Crippen molar-refractivity contribution in [2.24, 2.45) is 0 Å². The van der Waals surface area contributed by atoms with Gasteiger partial charge in [0.25, 0.3) is 5.56 Å². The summed E-state index contributed by atoms with van der Waals surface area (Å²) in [4.78, 5) is 41.9. The fourth-order valence-corrected chi connectivity index (χ4v) is 4.27. The molecule has 0 aliphatic carbocycles. The molecule has 0 aliphatic rings. The Bertz CT molecular complexity index is 1220. The maximum absolute atomic E-state index is 13.1. The van der Waals surface area contributed by atoms with Crippen molar-refractivity contribution in [3.05, 3.63) is 50.9 Å². The number of methoxy groups -OCH3 is 3. The van der Waals surface area contributed by atoms with E-state index in [1.807, 2.05) is 12.1 Å². The minimum Gasteiger partial charge on any atom is -0.493 e. The van der Waals surface area contributed by atoms with Gasteiger partial charge in [0.1, 0.15) is 17.2 Å². The van der Waals surface area contributed by atoms with Gasteiger partial charge in [0, 0.05) is 25.5 Å². The highest BCUT2D eigenvalue weighted by atomic mass is 32.1. The topological polar surface area (TPSA) is 129 Å². The van der Waals surface area contributed by atoms with Crippen LogP contribution in [0.5, 0.6) is 11.5 Å². The van der Waals surface area contributed by atoms with E-state index in [2.05, 4.69) is 10.3 Å². The number of aromatic carboxylic acids is 1. The van der Waals surface area contributed by atoms with Gasteiger partial charge >= 0.3 is 5.97 Å². The number of hydrogen-bond donors (Lipinski definition) is 2. The van der Waals surface area contributed by atoms with Crippen molar-refractivity contribution in [2.75, 3.05) is 34.5 Å². The van der Waals surface area contributed by atoms with Crippen LogP contribution in [0.1, 0.15) is 21.7 Å². The summed E-state index contributed by atoms with van der Waals surface area (Å²) in [5.41, 5.74) is 0.270. The van der Waals surface area contributed by atoms with E-state index in [0.717, 1.165) is 16.9 Å². The van der Waals surface area contributed by atoms with E-state index < -0.39 is 11.5 Å². The van der Waals surface area contributed by atoms with Crippen LogP contribution in [-0.4, -0.2) is 61.0 Å². The molecule has 0 bridgehead atoms. The molecular formula is C22H25N3O7S. The van der Waals surface area contributed by atoms with E-state index in [1.165, 1.54) is 17.1 Å². The molecule has 176 valence electrons. The number of ether oxygens (including phenoxy) is 3. The quantitative estimate of drug-likeness (QED) is 0.429. The number of carboxylic acids is 1. The maximum atomic E-state index is 13.1. The van der Waals surface area contributed by atoms with Crippen molar-refractivity contribution in [3.8, 4) is 11.5 Å². The van der Waals surface area contributed by atoms with Gasteiger partial charge in [-0.05, 0) is 24.1 Å². The highest BCUT2D eigenvalue weighted by molar-refractivity contribution is 7.17. The summed E-state index contributed by atoms with van der Waals surface area (Å²) in [6.07, 6.45) is 0.851. The molecule has 3 rings (SSSR count). The second kappa shape index (κ2) is 10.9. The molecule has 2 N–H and O–H groups in total. The molecule has 0 unspecified atom stereocenters. The highest BCUT2D eigenvalue weighted by Gasteiger charge is 2.20. The van der Waals surface area contributed by atoms with E-state index in [4.69, 9.17) is 14.2 Å². The fraction of sp³-hybridized carbons (Fsp3) is 0.364. The Hall–Kier alpha value is -3.44. The normalized spacial score (nSPS) is 10.9. The summed E-state index contributed by atoms with van der Waals surface area (Å²) in [6, 6.07) is 5.50. The first-order valence-corrected chi connectivity index (χ1v) is 11.0. The first kappa shape index (κ1) is 24.2. The van der Waals surface area contributed by atoms with Crippen LogP contribution in [0.25, 0.3) is 10.2 Å². The maximum Gasteiger partial charge on any atom is 0.337 e. The Morgan fingerprint density at radius 2 is 1.91 bits per heavy atom. The number of carboxylic acid groups (broad SMARTS) is 1. The average Bonchev–Trinajstić information content (AvgIpc) is 3.24. The van der Waals surface area contributed by atoms with Crippen LogP contribution in [0.15, 0.2) is 28.4 Å². The molecule has 3 aromatic rings. The monoisotopic (exact) mass is 475 g/mol. The summed E-state index contributed by atoms with van der Waals surface area (Å²) in [6.45, 7) is 0.364. The van der Waals surface area contributed by atoms with Crippen molar-refractivity contribution in [1.82, 2.24) is 14.9 Å². The molecule has 0 saturated carbocycles. The smallest absolute Gasteiger partial charge is 0.337 e. The van der Waals surface area contributed by atoms with Crippen molar-refractivity contribution < 1.29 is 28.9 Å². The Morgan fingerprint density at radius 3 is 2.58 bits per heavy atom. The first-order valence-electron chi connectivity index (χ1n) is 10.1. The number of aromatic nitrogens is 2. The number of rotatable bonds is 11. The third-order valence-corrected chi connectivity index (χ3v) is 5.89. The predicted molar refractivity (Wildman–Crippen MR) is 123 cm³/mol. The SMILES string of the molecule is COCCc1nc2scc(C(=O)O)c2c(=O)n1CC(=O)NCCc1ccc(OC)c(OC)c1. The number of fused-ring (bicyclic) bond motifs is 1. The zero-order chi connectivity index (χ0) is 24.0. The van der Waals surface area contributed by atoms with Crippen LogP contribution in [0.3, 0.4) is 0 Å². The summed E-state index contributed by atoms with van der Waals surface area (Å²) in [5, 5.41) is 13.6. The van der Waals surface area contributed by atoms with E-state index in [9.17, 15) is 19.5 Å². The number of nitrogens with one attached hydrogen (secondary N) is 1. The largest absolute Gasteiger partial charge is 0.493 e. The first-order chi connectivity index (χ1) is 15.9. The Kier molecular flexibility index (Phi) is 8.01.